The van der Waals surface area contributed by atoms with E-state index in [-0.39, 0.29) is 12.5 Å². The number of carbonyl (C=O) groups excluding carboxylic acids is 1. The highest BCUT2D eigenvalue weighted by molar-refractivity contribution is 5.84. The zero-order valence-corrected chi connectivity index (χ0v) is 15.0. The minimum atomic E-state index is -0.00904. The lowest BCUT2D eigenvalue weighted by Gasteiger charge is -2.13. The second kappa shape index (κ2) is 9.86. The molecule has 1 aromatic heterocycles. The smallest absolute Gasteiger partial charge is 0.243 e. The van der Waals surface area contributed by atoms with Crippen LogP contribution >= 0.6 is 0 Å². The van der Waals surface area contributed by atoms with Gasteiger partial charge in [0.25, 0.3) is 0 Å². The van der Waals surface area contributed by atoms with Gasteiger partial charge in [-0.05, 0) is 32.8 Å². The fourth-order valence-corrected chi connectivity index (χ4v) is 2.04. The minimum absolute atomic E-state index is 0.00904. The second-order valence-corrected chi connectivity index (χ2v) is 5.81. The van der Waals surface area contributed by atoms with E-state index in [0.29, 0.717) is 5.96 Å². The number of hydrogen-bond donors (Lipinski definition) is 2. The third kappa shape index (κ3) is 7.17. The molecule has 130 valence electrons. The van der Waals surface area contributed by atoms with Crippen LogP contribution in [0.15, 0.2) is 11.1 Å². The van der Waals surface area contributed by atoms with E-state index >= 15 is 0 Å². The summed E-state index contributed by atoms with van der Waals surface area (Å²) in [6.45, 7) is 8.80. The summed E-state index contributed by atoms with van der Waals surface area (Å²) in [7, 11) is 3.47. The van der Waals surface area contributed by atoms with Gasteiger partial charge in [0.2, 0.25) is 5.91 Å². The van der Waals surface area contributed by atoms with E-state index in [1.165, 1.54) is 5.69 Å². The van der Waals surface area contributed by atoms with Gasteiger partial charge in [-0.2, -0.15) is 5.10 Å². The van der Waals surface area contributed by atoms with Crippen molar-refractivity contribution in [2.75, 3.05) is 33.7 Å². The molecule has 0 aliphatic heterocycles. The Kier molecular flexibility index (Phi) is 8.15. The Morgan fingerprint density at radius 3 is 2.57 bits per heavy atom. The van der Waals surface area contributed by atoms with Crippen LogP contribution in [0.2, 0.25) is 0 Å². The summed E-state index contributed by atoms with van der Waals surface area (Å²) in [5.74, 6) is 0.681. The van der Waals surface area contributed by atoms with Crippen LogP contribution in [0.1, 0.15) is 31.2 Å². The van der Waals surface area contributed by atoms with E-state index in [4.69, 9.17) is 0 Å². The van der Waals surface area contributed by atoms with Gasteiger partial charge in [-0.25, -0.2) is 4.99 Å². The third-order valence-corrected chi connectivity index (χ3v) is 3.36. The Balaban J connectivity index is 2.42. The number of amides is 1. The molecule has 0 aliphatic carbocycles. The van der Waals surface area contributed by atoms with Crippen molar-refractivity contribution in [3.8, 4) is 0 Å². The van der Waals surface area contributed by atoms with Crippen molar-refractivity contribution in [2.24, 2.45) is 4.99 Å². The summed E-state index contributed by atoms with van der Waals surface area (Å²) in [6, 6.07) is 2.08. The number of nitrogens with zero attached hydrogens (tertiary/aromatic N) is 4. The molecule has 1 rings (SSSR count). The van der Waals surface area contributed by atoms with Crippen LogP contribution in [0.5, 0.6) is 0 Å². The number of guanidine groups is 1. The van der Waals surface area contributed by atoms with Gasteiger partial charge in [0.05, 0.1) is 5.69 Å². The Hall–Kier alpha value is -2.05. The lowest BCUT2D eigenvalue weighted by atomic mass is 10.4. The van der Waals surface area contributed by atoms with Crippen molar-refractivity contribution in [2.45, 2.75) is 40.2 Å². The molecule has 0 unspecified atom stereocenters. The summed E-state index contributed by atoms with van der Waals surface area (Å²) in [5, 5.41) is 10.9. The fourth-order valence-electron chi connectivity index (χ4n) is 2.04. The van der Waals surface area contributed by atoms with E-state index in [1.54, 1.807) is 19.0 Å². The van der Waals surface area contributed by atoms with Crippen molar-refractivity contribution in [3.63, 3.8) is 0 Å². The Bertz CT molecular complexity index is 521. The largest absolute Gasteiger partial charge is 0.356 e. The molecule has 7 heteroatoms. The number of aryl methyl sites for hydroxylation is 3. The van der Waals surface area contributed by atoms with Gasteiger partial charge < -0.3 is 15.5 Å². The van der Waals surface area contributed by atoms with Crippen LogP contribution in [-0.2, 0) is 11.3 Å². The van der Waals surface area contributed by atoms with Gasteiger partial charge >= 0.3 is 0 Å². The normalized spacial score (nSPS) is 11.4. The number of likely N-dealkylation sites (N-methyl/N-ethyl adjacent to an activating group) is 1. The van der Waals surface area contributed by atoms with Gasteiger partial charge in [-0.1, -0.05) is 6.92 Å². The molecular formula is C16H30N6O. The predicted molar refractivity (Wildman–Crippen MR) is 93.6 cm³/mol. The molecule has 0 bridgehead atoms. The lowest BCUT2D eigenvalue weighted by Crippen LogP contribution is -2.39. The first-order chi connectivity index (χ1) is 10.9. The highest BCUT2D eigenvalue weighted by Crippen LogP contribution is 2.02. The predicted octanol–water partition coefficient (Wildman–Crippen LogP) is 0.923. The maximum absolute atomic E-state index is 11.6. The van der Waals surface area contributed by atoms with Crippen LogP contribution in [0.4, 0.5) is 0 Å². The molecule has 0 radical (unpaired) electrons. The molecule has 0 spiro atoms. The number of aromatic nitrogens is 2. The molecule has 0 saturated heterocycles. The topological polar surface area (TPSA) is 74.6 Å². The van der Waals surface area contributed by atoms with E-state index in [2.05, 4.69) is 40.6 Å². The van der Waals surface area contributed by atoms with Crippen LogP contribution < -0.4 is 10.6 Å². The van der Waals surface area contributed by atoms with Gasteiger partial charge in [0, 0.05) is 39.4 Å². The zero-order valence-electron chi connectivity index (χ0n) is 15.0. The standard InChI is InChI=1S/C16H30N6O/c1-6-8-17-16(19-12-15(23)21(4)5)18-9-7-10-22-14(3)11-13(2)20-22/h11H,6-10,12H2,1-5H3,(H2,17,18,19). The van der Waals surface area contributed by atoms with Crippen molar-refractivity contribution in [1.29, 1.82) is 0 Å². The molecule has 0 aliphatic rings. The van der Waals surface area contributed by atoms with Gasteiger partial charge in [-0.3, -0.25) is 9.48 Å². The number of rotatable bonds is 8. The maximum Gasteiger partial charge on any atom is 0.243 e. The summed E-state index contributed by atoms with van der Waals surface area (Å²) < 4.78 is 2.02. The van der Waals surface area contributed by atoms with Crippen molar-refractivity contribution in [1.82, 2.24) is 25.3 Å². The number of nitrogens with one attached hydrogen (secondary N) is 2. The van der Waals surface area contributed by atoms with Crippen LogP contribution in [0.25, 0.3) is 0 Å². The highest BCUT2D eigenvalue weighted by atomic mass is 16.2. The summed E-state index contributed by atoms with van der Waals surface area (Å²) in [6.07, 6.45) is 1.95. The fraction of sp³-hybridized carbons (Fsp3) is 0.688. The molecule has 0 atom stereocenters. The molecule has 7 nitrogen and oxygen atoms in total. The summed E-state index contributed by atoms with van der Waals surface area (Å²) in [5.41, 5.74) is 2.22. The van der Waals surface area contributed by atoms with Crippen LogP contribution in [0, 0.1) is 13.8 Å². The van der Waals surface area contributed by atoms with E-state index in [0.717, 1.165) is 38.2 Å². The van der Waals surface area contributed by atoms with Gasteiger partial charge in [-0.15, -0.1) is 0 Å². The summed E-state index contributed by atoms with van der Waals surface area (Å²) >= 11 is 0. The molecule has 1 amide bonds. The van der Waals surface area contributed by atoms with Crippen LogP contribution in [-0.4, -0.2) is 60.3 Å². The Labute approximate surface area is 139 Å². The molecule has 0 saturated carbocycles. The monoisotopic (exact) mass is 322 g/mol. The third-order valence-electron chi connectivity index (χ3n) is 3.36. The quantitative estimate of drug-likeness (QED) is 0.424. The molecule has 0 aromatic carbocycles. The molecule has 1 heterocycles. The highest BCUT2D eigenvalue weighted by Gasteiger charge is 2.04. The SMILES string of the molecule is CCCNC(=NCC(=O)N(C)C)NCCCn1nc(C)cc1C. The first kappa shape index (κ1) is 19.0. The molecule has 0 fully saturated rings. The van der Waals surface area contributed by atoms with E-state index in [9.17, 15) is 4.79 Å². The second-order valence-electron chi connectivity index (χ2n) is 5.81. The van der Waals surface area contributed by atoms with Gasteiger partial charge in [0.1, 0.15) is 6.54 Å². The van der Waals surface area contributed by atoms with E-state index in [1.807, 2.05) is 11.6 Å². The van der Waals surface area contributed by atoms with Crippen molar-refractivity contribution in [3.05, 3.63) is 17.5 Å². The minimum Gasteiger partial charge on any atom is -0.356 e. The number of hydrogen-bond acceptors (Lipinski definition) is 3. The zero-order chi connectivity index (χ0) is 17.2. The van der Waals surface area contributed by atoms with Crippen molar-refractivity contribution >= 4 is 11.9 Å². The maximum atomic E-state index is 11.6. The lowest BCUT2D eigenvalue weighted by molar-refractivity contribution is -0.127. The molecule has 1 aromatic rings. The van der Waals surface area contributed by atoms with Crippen molar-refractivity contribution < 1.29 is 4.79 Å². The molecule has 2 N–H and O–H groups in total. The number of aliphatic imine (C=N–C) groups is 1. The molecule has 23 heavy (non-hydrogen) atoms. The first-order valence-corrected chi connectivity index (χ1v) is 8.17. The van der Waals surface area contributed by atoms with E-state index < -0.39 is 0 Å². The van der Waals surface area contributed by atoms with Gasteiger partial charge in [0.15, 0.2) is 5.96 Å². The van der Waals surface area contributed by atoms with Crippen LogP contribution in [0.3, 0.4) is 0 Å². The average Bonchev–Trinajstić information content (AvgIpc) is 2.82. The Morgan fingerprint density at radius 1 is 1.30 bits per heavy atom. The summed E-state index contributed by atoms with van der Waals surface area (Å²) in [4.78, 5) is 17.5. The Morgan fingerprint density at radius 2 is 2.00 bits per heavy atom. The molecular weight excluding hydrogens is 292 g/mol. The average molecular weight is 322 g/mol. The number of carbonyl (C=O) groups is 1. The first-order valence-electron chi connectivity index (χ1n) is 8.17.